The van der Waals surface area contributed by atoms with E-state index in [0.29, 0.717) is 4.57 Å². The van der Waals surface area contributed by atoms with Crippen LogP contribution in [0, 0.1) is 0 Å². The summed E-state index contributed by atoms with van der Waals surface area (Å²) in [5.74, 6) is -5.54. The Morgan fingerprint density at radius 1 is 1.45 bits per heavy atom. The first kappa shape index (κ1) is 14.2. The Labute approximate surface area is 110 Å². The van der Waals surface area contributed by atoms with Crippen molar-refractivity contribution in [2.24, 2.45) is 0 Å². The molecule has 0 unspecified atom stereocenters. The maximum absolute atomic E-state index is 13.7. The highest BCUT2D eigenvalue weighted by molar-refractivity contribution is 5.94. The number of rotatable bonds is 4. The maximum Gasteiger partial charge on any atom is 0.328 e. The van der Waals surface area contributed by atoms with Crippen LogP contribution in [0.1, 0.15) is 11.2 Å². The van der Waals surface area contributed by atoms with Crippen LogP contribution >= 0.6 is 0 Å². The summed E-state index contributed by atoms with van der Waals surface area (Å²) in [7, 11) is 0. The third-order valence-electron chi connectivity index (χ3n) is 2.60. The fourth-order valence-electron chi connectivity index (χ4n) is 1.63. The van der Waals surface area contributed by atoms with Crippen LogP contribution in [-0.4, -0.2) is 54.3 Å². The number of nitrogen functional groups attached to an aromatic ring is 1. The predicted molar refractivity (Wildman–Crippen MR) is 63.0 cm³/mol. The molecule has 4 N–H and O–H groups in total. The summed E-state index contributed by atoms with van der Waals surface area (Å²) in [6, 6.07) is 0. The molecule has 1 atom stereocenters. The molecule has 0 bridgehead atoms. The highest BCUT2D eigenvalue weighted by Crippen LogP contribution is 2.25. The molecule has 0 aliphatic rings. The maximum atomic E-state index is 13.7. The van der Waals surface area contributed by atoms with Crippen molar-refractivity contribution in [2.75, 3.05) is 12.3 Å². The van der Waals surface area contributed by atoms with Gasteiger partial charge in [-0.2, -0.15) is 8.78 Å². The van der Waals surface area contributed by atoms with Crippen molar-refractivity contribution in [2.45, 2.75) is 18.4 Å². The van der Waals surface area contributed by atoms with Gasteiger partial charge in [-0.05, 0) is 0 Å². The lowest BCUT2D eigenvalue weighted by Gasteiger charge is -2.17. The minimum absolute atomic E-state index is 0.0272. The second-order valence-electron chi connectivity index (χ2n) is 4.10. The van der Waals surface area contributed by atoms with Gasteiger partial charge in [0.2, 0.25) is 0 Å². The fraction of sp³-hybridized carbons (Fsp3) is 0.400. The average Bonchev–Trinajstić information content (AvgIpc) is 2.82. The van der Waals surface area contributed by atoms with E-state index in [4.69, 9.17) is 15.9 Å². The summed E-state index contributed by atoms with van der Waals surface area (Å²) in [4.78, 5) is 22.8. The number of hydrogen-bond acceptors (Lipinski definition) is 7. The zero-order valence-corrected chi connectivity index (χ0v) is 10.1. The van der Waals surface area contributed by atoms with Gasteiger partial charge >= 0.3 is 11.8 Å². The highest BCUT2D eigenvalue weighted by atomic mass is 19.3. The number of anilines is 1. The monoisotopic (exact) mass is 287 g/mol. The number of hydrogen-bond donors (Lipinski definition) is 3. The molecule has 0 amide bonds. The van der Waals surface area contributed by atoms with E-state index in [9.17, 15) is 13.6 Å². The van der Waals surface area contributed by atoms with E-state index in [2.05, 4.69) is 15.0 Å². The average molecular weight is 287 g/mol. The molecule has 108 valence electrons. The first-order valence-corrected chi connectivity index (χ1v) is 5.52. The second-order valence-corrected chi connectivity index (χ2v) is 4.10. The van der Waals surface area contributed by atoms with E-state index < -0.39 is 31.0 Å². The van der Waals surface area contributed by atoms with Crippen molar-refractivity contribution in [3.05, 3.63) is 12.7 Å². The van der Waals surface area contributed by atoms with Crippen molar-refractivity contribution in [3.8, 4) is 0 Å². The minimum atomic E-state index is -3.88. The van der Waals surface area contributed by atoms with Gasteiger partial charge in [0.25, 0.3) is 0 Å². The van der Waals surface area contributed by atoms with Crippen molar-refractivity contribution in [3.63, 3.8) is 0 Å². The van der Waals surface area contributed by atoms with Crippen molar-refractivity contribution in [1.29, 1.82) is 0 Å². The minimum Gasteiger partial charge on any atom is -0.394 e. The standard InChI is InChI=1S/C10H11F2N5O3/c11-10(12,1-5(19)2-18)9(20)17-4-16-6-7(13)14-3-15-8(6)17/h3-5,18-19H,1-2H2,(H2,13,14,15)/t5-/m0/s1. The molecule has 0 saturated heterocycles. The molecule has 2 aromatic heterocycles. The van der Waals surface area contributed by atoms with E-state index in [1.165, 1.54) is 0 Å². The van der Waals surface area contributed by atoms with Crippen LogP contribution in [0.3, 0.4) is 0 Å². The molecule has 0 saturated carbocycles. The third kappa shape index (κ3) is 2.42. The lowest BCUT2D eigenvalue weighted by atomic mass is 10.1. The normalized spacial score (nSPS) is 13.6. The summed E-state index contributed by atoms with van der Waals surface area (Å²) < 4.78 is 27.9. The van der Waals surface area contributed by atoms with E-state index >= 15 is 0 Å². The number of nitrogens with zero attached hydrogens (tertiary/aromatic N) is 4. The molecule has 0 radical (unpaired) electrons. The van der Waals surface area contributed by atoms with Crippen LogP contribution in [0.4, 0.5) is 14.6 Å². The van der Waals surface area contributed by atoms with Crippen molar-refractivity contribution in [1.82, 2.24) is 19.5 Å². The number of aromatic nitrogens is 4. The van der Waals surface area contributed by atoms with E-state index in [0.717, 1.165) is 12.7 Å². The molecule has 0 aliphatic heterocycles. The summed E-state index contributed by atoms with van der Waals surface area (Å²) in [5, 5.41) is 17.6. The Balaban J connectivity index is 2.38. The Bertz CT molecular complexity index is 645. The number of fused-ring (bicyclic) bond motifs is 1. The van der Waals surface area contributed by atoms with Gasteiger partial charge in [0, 0.05) is 6.42 Å². The number of carbonyl (C=O) groups excluding carboxylic acids is 1. The third-order valence-corrected chi connectivity index (χ3v) is 2.60. The van der Waals surface area contributed by atoms with Gasteiger partial charge in [-0.1, -0.05) is 0 Å². The number of halogens is 2. The summed E-state index contributed by atoms with van der Waals surface area (Å²) >= 11 is 0. The van der Waals surface area contributed by atoms with Crippen LogP contribution in [-0.2, 0) is 0 Å². The molecule has 0 aromatic carbocycles. The van der Waals surface area contributed by atoms with Gasteiger partial charge in [0.05, 0.1) is 12.7 Å². The molecule has 2 aromatic rings. The quantitative estimate of drug-likeness (QED) is 0.687. The smallest absolute Gasteiger partial charge is 0.328 e. The lowest BCUT2D eigenvalue weighted by Crippen LogP contribution is -2.37. The first-order chi connectivity index (χ1) is 9.36. The van der Waals surface area contributed by atoms with Gasteiger partial charge in [-0.3, -0.25) is 4.79 Å². The van der Waals surface area contributed by atoms with Crippen LogP contribution in [0.2, 0.25) is 0 Å². The zero-order valence-electron chi connectivity index (χ0n) is 10.1. The van der Waals surface area contributed by atoms with Crippen LogP contribution in [0.5, 0.6) is 0 Å². The number of alkyl halides is 2. The number of carbonyl (C=O) groups is 1. The van der Waals surface area contributed by atoms with Gasteiger partial charge in [-0.15, -0.1) is 0 Å². The van der Waals surface area contributed by atoms with Crippen LogP contribution in [0.25, 0.3) is 11.2 Å². The first-order valence-electron chi connectivity index (χ1n) is 5.52. The van der Waals surface area contributed by atoms with Crippen LogP contribution in [0.15, 0.2) is 12.7 Å². The Kier molecular flexibility index (Phi) is 3.59. The van der Waals surface area contributed by atoms with E-state index in [1.54, 1.807) is 0 Å². The number of aliphatic hydroxyl groups excluding tert-OH is 2. The fourth-order valence-corrected chi connectivity index (χ4v) is 1.63. The Morgan fingerprint density at radius 3 is 2.80 bits per heavy atom. The number of nitrogens with two attached hydrogens (primary N) is 1. The lowest BCUT2D eigenvalue weighted by molar-refractivity contribution is -0.0399. The highest BCUT2D eigenvalue weighted by Gasteiger charge is 2.42. The van der Waals surface area contributed by atoms with E-state index in [-0.39, 0.29) is 17.0 Å². The van der Waals surface area contributed by atoms with Crippen LogP contribution < -0.4 is 5.73 Å². The molecule has 10 heteroatoms. The number of imidazole rings is 1. The largest absolute Gasteiger partial charge is 0.394 e. The Morgan fingerprint density at radius 2 is 2.15 bits per heavy atom. The molecule has 0 fully saturated rings. The molecule has 0 aliphatic carbocycles. The molecule has 2 heterocycles. The number of aliphatic hydroxyl groups is 2. The van der Waals surface area contributed by atoms with Crippen molar-refractivity contribution >= 4 is 22.9 Å². The molecule has 0 spiro atoms. The molecular weight excluding hydrogens is 276 g/mol. The second kappa shape index (κ2) is 5.06. The Hall–Kier alpha value is -2.20. The zero-order chi connectivity index (χ0) is 14.9. The summed E-state index contributed by atoms with van der Waals surface area (Å²) in [6.45, 7) is -0.872. The van der Waals surface area contributed by atoms with Gasteiger partial charge in [-0.25, -0.2) is 19.5 Å². The van der Waals surface area contributed by atoms with Gasteiger partial charge in [0.1, 0.15) is 12.7 Å². The topological polar surface area (TPSA) is 127 Å². The molecular formula is C10H11F2N5O3. The molecule has 20 heavy (non-hydrogen) atoms. The molecule has 2 rings (SSSR count). The van der Waals surface area contributed by atoms with Crippen molar-refractivity contribution < 1.29 is 23.8 Å². The molecule has 8 nitrogen and oxygen atoms in total. The van der Waals surface area contributed by atoms with Gasteiger partial charge < -0.3 is 15.9 Å². The summed E-state index contributed by atoms with van der Waals surface area (Å²) in [5.41, 5.74) is 5.36. The SMILES string of the molecule is Nc1ncnc2c1ncn2C(=O)C(F)(F)C[C@H](O)CO. The predicted octanol–water partition coefficient (Wildman–Crippen LogP) is -0.573. The van der Waals surface area contributed by atoms with E-state index in [1.807, 2.05) is 0 Å². The summed E-state index contributed by atoms with van der Waals surface area (Å²) in [6.07, 6.45) is -1.03. The van der Waals surface area contributed by atoms with Gasteiger partial charge in [0.15, 0.2) is 17.0 Å².